The Morgan fingerprint density at radius 1 is 1.47 bits per heavy atom. The van der Waals surface area contributed by atoms with Crippen molar-refractivity contribution in [3.63, 3.8) is 0 Å². The number of hydrogen-bond donors (Lipinski definition) is 2. The molecule has 2 heterocycles. The summed E-state index contributed by atoms with van der Waals surface area (Å²) in [6, 6.07) is 3.99. The highest BCUT2D eigenvalue weighted by atomic mass is 16.5. The Bertz CT molecular complexity index is 460. The summed E-state index contributed by atoms with van der Waals surface area (Å²) >= 11 is 0. The first kappa shape index (κ1) is 12.7. The van der Waals surface area contributed by atoms with Crippen molar-refractivity contribution in [2.45, 2.75) is 38.0 Å². The number of carbonyl (C=O) groups excluding carboxylic acids is 1. The third-order valence-electron chi connectivity index (χ3n) is 3.97. The van der Waals surface area contributed by atoms with Crippen molar-refractivity contribution in [3.05, 3.63) is 23.7 Å². The zero-order chi connectivity index (χ0) is 13.2. The average Bonchev–Trinajstić information content (AvgIpc) is 3.07. The van der Waals surface area contributed by atoms with Crippen LogP contribution in [-0.2, 0) is 11.3 Å². The highest BCUT2D eigenvalue weighted by molar-refractivity contribution is 5.90. The average molecular weight is 265 g/mol. The highest BCUT2D eigenvalue weighted by Crippen LogP contribution is 2.30. The van der Waals surface area contributed by atoms with E-state index in [0.717, 1.165) is 31.9 Å². The van der Waals surface area contributed by atoms with Crippen LogP contribution in [0.5, 0.6) is 0 Å². The number of rotatable bonds is 3. The predicted molar refractivity (Wildman–Crippen MR) is 68.2 cm³/mol. The van der Waals surface area contributed by atoms with E-state index in [1.165, 1.54) is 12.8 Å². The molecule has 1 saturated carbocycles. The molecule has 0 bridgehead atoms. The van der Waals surface area contributed by atoms with E-state index in [1.54, 1.807) is 6.07 Å². The lowest BCUT2D eigenvalue weighted by Gasteiger charge is -2.37. The van der Waals surface area contributed by atoms with Gasteiger partial charge >= 0.3 is 5.91 Å². The minimum absolute atomic E-state index is 0.258. The molecule has 6 heteroatoms. The Morgan fingerprint density at radius 2 is 2.37 bits per heavy atom. The molecule has 1 saturated heterocycles. The highest BCUT2D eigenvalue weighted by Gasteiger charge is 2.36. The van der Waals surface area contributed by atoms with Crippen molar-refractivity contribution >= 4 is 5.91 Å². The van der Waals surface area contributed by atoms with E-state index in [1.807, 2.05) is 6.07 Å². The fraction of sp³-hybridized carbons (Fsp3) is 0.615. The van der Waals surface area contributed by atoms with Gasteiger partial charge in [0.25, 0.3) is 0 Å². The summed E-state index contributed by atoms with van der Waals surface area (Å²) in [5, 5.41) is 0. The second-order valence-electron chi connectivity index (χ2n) is 5.12. The predicted octanol–water partition coefficient (Wildman–Crippen LogP) is 0.636. The summed E-state index contributed by atoms with van der Waals surface area (Å²) in [6.45, 7) is 2.42. The van der Waals surface area contributed by atoms with Crippen LogP contribution in [0.3, 0.4) is 0 Å². The van der Waals surface area contributed by atoms with Crippen LogP contribution in [0.2, 0.25) is 0 Å². The number of hydrogen-bond acceptors (Lipinski definition) is 5. The molecule has 3 rings (SSSR count). The van der Waals surface area contributed by atoms with Gasteiger partial charge in [0.15, 0.2) is 5.76 Å². The zero-order valence-electron chi connectivity index (χ0n) is 10.8. The number of morpholine rings is 1. The first-order valence-corrected chi connectivity index (χ1v) is 6.73. The number of nitrogens with one attached hydrogen (secondary N) is 1. The molecule has 1 aromatic heterocycles. The van der Waals surface area contributed by atoms with E-state index < -0.39 is 5.91 Å². The maximum atomic E-state index is 11.3. The molecule has 3 N–H and O–H groups in total. The molecule has 2 atom stereocenters. The first-order valence-electron chi connectivity index (χ1n) is 6.73. The number of fused-ring (bicyclic) bond motifs is 1. The molecular weight excluding hydrogens is 246 g/mol. The molecule has 2 unspecified atom stereocenters. The summed E-state index contributed by atoms with van der Waals surface area (Å²) in [5.74, 6) is 5.74. The molecule has 0 aromatic carbocycles. The molecule has 2 aliphatic rings. The standard InChI is InChI=1S/C13H19N3O3/c14-15-13(17)12-5-4-9(19-12)8-16-6-7-18-11-3-1-2-10(11)16/h4-5,10-11H,1-3,6-8,14H2,(H,15,17). The van der Waals surface area contributed by atoms with E-state index >= 15 is 0 Å². The van der Waals surface area contributed by atoms with E-state index in [-0.39, 0.29) is 5.76 Å². The van der Waals surface area contributed by atoms with Crippen LogP contribution in [0, 0.1) is 0 Å². The number of carbonyl (C=O) groups is 1. The summed E-state index contributed by atoms with van der Waals surface area (Å²) in [4.78, 5) is 13.7. The largest absolute Gasteiger partial charge is 0.455 e. The maximum absolute atomic E-state index is 11.3. The number of nitrogens with zero attached hydrogens (tertiary/aromatic N) is 1. The van der Waals surface area contributed by atoms with Gasteiger partial charge in [-0.15, -0.1) is 0 Å². The Kier molecular flexibility index (Phi) is 3.54. The lowest BCUT2D eigenvalue weighted by Crippen LogP contribution is -2.47. The van der Waals surface area contributed by atoms with Crippen molar-refractivity contribution < 1.29 is 13.9 Å². The van der Waals surface area contributed by atoms with Gasteiger partial charge in [-0.25, -0.2) is 5.84 Å². The SMILES string of the molecule is NNC(=O)c1ccc(CN2CCOC3CCCC32)o1. The number of nitrogens with two attached hydrogens (primary N) is 1. The van der Waals surface area contributed by atoms with Crippen molar-refractivity contribution in [2.24, 2.45) is 5.84 Å². The fourth-order valence-electron chi connectivity index (χ4n) is 3.06. The van der Waals surface area contributed by atoms with Crippen LogP contribution >= 0.6 is 0 Å². The summed E-state index contributed by atoms with van der Waals surface area (Å²) in [5.41, 5.74) is 2.07. The Balaban J connectivity index is 1.67. The van der Waals surface area contributed by atoms with Gasteiger partial charge in [-0.1, -0.05) is 0 Å². The molecule has 2 fully saturated rings. The van der Waals surface area contributed by atoms with Gasteiger partial charge < -0.3 is 9.15 Å². The maximum Gasteiger partial charge on any atom is 0.300 e. The Labute approximate surface area is 111 Å². The summed E-state index contributed by atoms with van der Waals surface area (Å²) in [6.07, 6.45) is 3.93. The van der Waals surface area contributed by atoms with Gasteiger partial charge in [-0.05, 0) is 31.4 Å². The number of ether oxygens (including phenoxy) is 1. The van der Waals surface area contributed by atoms with Crippen molar-refractivity contribution in [1.82, 2.24) is 10.3 Å². The smallest absolute Gasteiger partial charge is 0.300 e. The summed E-state index contributed by atoms with van der Waals surface area (Å²) < 4.78 is 11.3. The molecule has 6 nitrogen and oxygen atoms in total. The van der Waals surface area contributed by atoms with Gasteiger partial charge in [-0.2, -0.15) is 0 Å². The molecular formula is C13H19N3O3. The minimum atomic E-state index is -0.396. The number of amides is 1. The molecule has 1 amide bonds. The topological polar surface area (TPSA) is 80.7 Å². The molecule has 1 aliphatic carbocycles. The number of hydrazine groups is 1. The van der Waals surface area contributed by atoms with Crippen LogP contribution in [-0.4, -0.2) is 36.1 Å². The fourth-order valence-corrected chi connectivity index (χ4v) is 3.06. The second-order valence-corrected chi connectivity index (χ2v) is 5.12. The van der Waals surface area contributed by atoms with Gasteiger partial charge in [0, 0.05) is 12.6 Å². The van der Waals surface area contributed by atoms with Crippen LogP contribution in [0.1, 0.15) is 35.6 Å². The molecule has 1 aromatic rings. The van der Waals surface area contributed by atoms with E-state index in [9.17, 15) is 4.79 Å². The molecule has 19 heavy (non-hydrogen) atoms. The third kappa shape index (κ3) is 2.51. The minimum Gasteiger partial charge on any atom is -0.455 e. The first-order chi connectivity index (χ1) is 9.28. The van der Waals surface area contributed by atoms with Gasteiger partial charge in [0.2, 0.25) is 0 Å². The molecule has 104 valence electrons. The van der Waals surface area contributed by atoms with Gasteiger partial charge in [-0.3, -0.25) is 15.1 Å². The molecule has 0 radical (unpaired) electrons. The lowest BCUT2D eigenvalue weighted by atomic mass is 10.1. The van der Waals surface area contributed by atoms with E-state index in [4.69, 9.17) is 15.0 Å². The number of furan rings is 1. The Morgan fingerprint density at radius 3 is 3.21 bits per heavy atom. The number of nitrogen functional groups attached to an aromatic ring is 1. The van der Waals surface area contributed by atoms with Crippen molar-refractivity contribution in [1.29, 1.82) is 0 Å². The normalized spacial score (nSPS) is 27.2. The third-order valence-corrected chi connectivity index (χ3v) is 3.97. The van der Waals surface area contributed by atoms with Crippen LogP contribution in [0.15, 0.2) is 16.5 Å². The monoisotopic (exact) mass is 265 g/mol. The van der Waals surface area contributed by atoms with Crippen molar-refractivity contribution in [2.75, 3.05) is 13.2 Å². The zero-order valence-corrected chi connectivity index (χ0v) is 10.8. The van der Waals surface area contributed by atoms with Crippen LogP contribution < -0.4 is 11.3 Å². The van der Waals surface area contributed by atoms with Crippen LogP contribution in [0.4, 0.5) is 0 Å². The lowest BCUT2D eigenvalue weighted by molar-refractivity contribution is -0.0606. The second kappa shape index (κ2) is 5.32. The van der Waals surface area contributed by atoms with E-state index in [0.29, 0.717) is 12.1 Å². The van der Waals surface area contributed by atoms with Crippen LogP contribution in [0.25, 0.3) is 0 Å². The quantitative estimate of drug-likeness (QED) is 0.476. The van der Waals surface area contributed by atoms with Gasteiger partial charge in [0.05, 0.1) is 19.3 Å². The molecule has 1 aliphatic heterocycles. The summed E-state index contributed by atoms with van der Waals surface area (Å²) in [7, 11) is 0. The van der Waals surface area contributed by atoms with E-state index in [2.05, 4.69) is 10.3 Å². The van der Waals surface area contributed by atoms with Crippen molar-refractivity contribution in [3.8, 4) is 0 Å². The van der Waals surface area contributed by atoms with Gasteiger partial charge in [0.1, 0.15) is 5.76 Å². The molecule has 0 spiro atoms. The Hall–Kier alpha value is -1.37.